The van der Waals surface area contributed by atoms with Gasteiger partial charge >= 0.3 is 0 Å². The molecule has 4 aromatic rings. The maximum absolute atomic E-state index is 6.18. The van der Waals surface area contributed by atoms with Crippen molar-refractivity contribution >= 4 is 11.0 Å². The topological polar surface area (TPSA) is 45.5 Å². The number of imidazole rings is 1. The van der Waals surface area contributed by atoms with Crippen LogP contribution >= 0.6 is 0 Å². The Morgan fingerprint density at radius 2 is 1.77 bits per heavy atom. The Morgan fingerprint density at radius 3 is 2.60 bits per heavy atom. The van der Waals surface area contributed by atoms with E-state index < -0.39 is 0 Å². The molecule has 0 aliphatic heterocycles. The standard InChI is InChI=1S/C30H34N2O3/c1-5-10-24-15-16-27(29(20-24)33-4)34-18-9-8-17-32-26-12-7-6-11-25(26)31-30(32)21-35-28-19-22(2)13-14-23(28)3/h5-7,11-16,19-20H,1,8-10,17-18,21H2,2-4H3. The van der Waals surface area contributed by atoms with Crippen molar-refractivity contribution in [2.75, 3.05) is 13.7 Å². The molecular formula is C30H34N2O3. The first-order valence-corrected chi connectivity index (χ1v) is 12.1. The van der Waals surface area contributed by atoms with Crippen LogP contribution in [0.4, 0.5) is 0 Å². The molecule has 1 heterocycles. The number of benzene rings is 3. The largest absolute Gasteiger partial charge is 0.493 e. The van der Waals surface area contributed by atoms with E-state index in [0.29, 0.717) is 13.2 Å². The predicted octanol–water partition coefficient (Wildman–Crippen LogP) is 6.83. The number of methoxy groups -OCH3 is 1. The molecule has 0 unspecified atom stereocenters. The second-order valence-electron chi connectivity index (χ2n) is 8.76. The lowest BCUT2D eigenvalue weighted by atomic mass is 10.1. The molecule has 35 heavy (non-hydrogen) atoms. The zero-order chi connectivity index (χ0) is 24.6. The third-order valence-electron chi connectivity index (χ3n) is 6.08. The van der Waals surface area contributed by atoms with Gasteiger partial charge in [0.25, 0.3) is 0 Å². The van der Waals surface area contributed by atoms with Crippen LogP contribution in [-0.2, 0) is 19.6 Å². The molecule has 0 amide bonds. The third-order valence-corrected chi connectivity index (χ3v) is 6.08. The molecule has 0 atom stereocenters. The minimum absolute atomic E-state index is 0.434. The van der Waals surface area contributed by atoms with E-state index in [9.17, 15) is 0 Å². The van der Waals surface area contributed by atoms with Gasteiger partial charge in [-0.25, -0.2) is 4.98 Å². The van der Waals surface area contributed by atoms with Crippen LogP contribution in [0.2, 0.25) is 0 Å². The first kappa shape index (κ1) is 24.4. The number of hydrogen-bond acceptors (Lipinski definition) is 4. The van der Waals surface area contributed by atoms with E-state index in [4.69, 9.17) is 19.2 Å². The first-order chi connectivity index (χ1) is 17.1. The van der Waals surface area contributed by atoms with E-state index in [1.807, 2.05) is 24.3 Å². The molecule has 0 aliphatic carbocycles. The van der Waals surface area contributed by atoms with Crippen LogP contribution in [0, 0.1) is 13.8 Å². The zero-order valence-electron chi connectivity index (χ0n) is 20.9. The van der Waals surface area contributed by atoms with E-state index in [1.54, 1.807) is 7.11 Å². The van der Waals surface area contributed by atoms with E-state index >= 15 is 0 Å². The SMILES string of the molecule is C=CCc1ccc(OCCCCn2c(COc3cc(C)ccc3C)nc3ccccc32)c(OC)c1. The summed E-state index contributed by atoms with van der Waals surface area (Å²) in [6.45, 7) is 9.85. The van der Waals surface area contributed by atoms with Gasteiger partial charge in [-0.15, -0.1) is 6.58 Å². The fraction of sp³-hybridized carbons (Fsp3) is 0.300. The predicted molar refractivity (Wildman–Crippen MR) is 142 cm³/mol. The normalized spacial score (nSPS) is 10.9. The monoisotopic (exact) mass is 470 g/mol. The van der Waals surface area contributed by atoms with Crippen LogP contribution in [0.1, 0.15) is 35.4 Å². The second-order valence-corrected chi connectivity index (χ2v) is 8.76. The van der Waals surface area contributed by atoms with Gasteiger partial charge in [0.1, 0.15) is 18.2 Å². The van der Waals surface area contributed by atoms with Crippen LogP contribution < -0.4 is 14.2 Å². The van der Waals surface area contributed by atoms with E-state index in [-0.39, 0.29) is 0 Å². The van der Waals surface area contributed by atoms with Crippen molar-refractivity contribution in [3.05, 3.63) is 95.8 Å². The van der Waals surface area contributed by atoms with Crippen molar-refractivity contribution < 1.29 is 14.2 Å². The van der Waals surface area contributed by atoms with Crippen LogP contribution in [0.5, 0.6) is 17.2 Å². The highest BCUT2D eigenvalue weighted by Crippen LogP contribution is 2.29. The highest BCUT2D eigenvalue weighted by molar-refractivity contribution is 5.75. The van der Waals surface area contributed by atoms with Crippen molar-refractivity contribution in [3.63, 3.8) is 0 Å². The number of fused-ring (bicyclic) bond motifs is 1. The van der Waals surface area contributed by atoms with Gasteiger partial charge in [-0.1, -0.05) is 36.4 Å². The van der Waals surface area contributed by atoms with E-state index in [0.717, 1.165) is 71.0 Å². The summed E-state index contributed by atoms with van der Waals surface area (Å²) in [7, 11) is 1.67. The summed E-state index contributed by atoms with van der Waals surface area (Å²) < 4.78 is 20.0. The average molecular weight is 471 g/mol. The molecule has 5 nitrogen and oxygen atoms in total. The van der Waals surface area contributed by atoms with Gasteiger partial charge in [0.2, 0.25) is 0 Å². The summed E-state index contributed by atoms with van der Waals surface area (Å²) in [6.07, 6.45) is 4.58. The molecular weight excluding hydrogens is 436 g/mol. The van der Waals surface area contributed by atoms with Gasteiger partial charge < -0.3 is 18.8 Å². The Kier molecular flexibility index (Phi) is 8.09. The van der Waals surface area contributed by atoms with Gasteiger partial charge in [-0.2, -0.15) is 0 Å². The lowest BCUT2D eigenvalue weighted by molar-refractivity contribution is 0.277. The Labute approximate surface area is 208 Å². The molecule has 182 valence electrons. The molecule has 0 aliphatic rings. The molecule has 1 aromatic heterocycles. The average Bonchev–Trinajstić information content (AvgIpc) is 3.22. The van der Waals surface area contributed by atoms with Crippen LogP contribution in [0.25, 0.3) is 11.0 Å². The molecule has 0 spiro atoms. The maximum atomic E-state index is 6.18. The van der Waals surface area contributed by atoms with Crippen LogP contribution in [0.3, 0.4) is 0 Å². The first-order valence-electron chi connectivity index (χ1n) is 12.1. The number of aryl methyl sites for hydroxylation is 3. The minimum Gasteiger partial charge on any atom is -0.493 e. The number of para-hydroxylation sites is 2. The number of rotatable bonds is 12. The van der Waals surface area contributed by atoms with Gasteiger partial charge in [-0.05, 0) is 80.1 Å². The van der Waals surface area contributed by atoms with Crippen molar-refractivity contribution in [2.45, 2.75) is 46.3 Å². The Bertz CT molecular complexity index is 1290. The van der Waals surface area contributed by atoms with E-state index in [2.05, 4.69) is 67.5 Å². The number of allylic oxidation sites excluding steroid dienone is 1. The molecule has 0 saturated heterocycles. The van der Waals surface area contributed by atoms with Crippen LogP contribution in [-0.4, -0.2) is 23.3 Å². The zero-order valence-corrected chi connectivity index (χ0v) is 20.9. The minimum atomic E-state index is 0.434. The molecule has 0 bridgehead atoms. The fourth-order valence-electron chi connectivity index (χ4n) is 4.17. The Balaban J connectivity index is 1.38. The fourth-order valence-corrected chi connectivity index (χ4v) is 4.17. The number of hydrogen-bond donors (Lipinski definition) is 0. The Hall–Kier alpha value is -3.73. The molecule has 0 fully saturated rings. The number of ether oxygens (including phenoxy) is 3. The molecule has 4 rings (SSSR count). The molecule has 5 heteroatoms. The van der Waals surface area contributed by atoms with Crippen molar-refractivity contribution in [1.29, 1.82) is 0 Å². The van der Waals surface area contributed by atoms with Crippen molar-refractivity contribution in [3.8, 4) is 17.2 Å². The number of nitrogens with zero attached hydrogens (tertiary/aromatic N) is 2. The summed E-state index contributed by atoms with van der Waals surface area (Å²) in [5.74, 6) is 3.38. The summed E-state index contributed by atoms with van der Waals surface area (Å²) in [5.41, 5.74) is 5.60. The van der Waals surface area contributed by atoms with E-state index in [1.165, 1.54) is 5.56 Å². The quantitative estimate of drug-likeness (QED) is 0.168. The molecule has 0 radical (unpaired) electrons. The van der Waals surface area contributed by atoms with Gasteiger partial charge in [0.15, 0.2) is 11.5 Å². The van der Waals surface area contributed by atoms with Gasteiger partial charge in [-0.3, -0.25) is 0 Å². The lowest BCUT2D eigenvalue weighted by Crippen LogP contribution is -2.09. The summed E-state index contributed by atoms with van der Waals surface area (Å²) >= 11 is 0. The smallest absolute Gasteiger partial charge is 0.161 e. The molecule has 0 saturated carbocycles. The molecule has 0 N–H and O–H groups in total. The third kappa shape index (κ3) is 6.04. The number of aromatic nitrogens is 2. The highest BCUT2D eigenvalue weighted by Gasteiger charge is 2.12. The second kappa shape index (κ2) is 11.6. The lowest BCUT2D eigenvalue weighted by Gasteiger charge is -2.13. The van der Waals surface area contributed by atoms with Gasteiger partial charge in [0.05, 0.1) is 24.8 Å². The summed E-state index contributed by atoms with van der Waals surface area (Å²) in [5, 5.41) is 0. The van der Waals surface area contributed by atoms with Crippen molar-refractivity contribution in [1.82, 2.24) is 9.55 Å². The van der Waals surface area contributed by atoms with Crippen LogP contribution in [0.15, 0.2) is 73.3 Å². The summed E-state index contributed by atoms with van der Waals surface area (Å²) in [6, 6.07) is 20.6. The summed E-state index contributed by atoms with van der Waals surface area (Å²) in [4.78, 5) is 4.86. The Morgan fingerprint density at radius 1 is 0.914 bits per heavy atom. The highest BCUT2D eigenvalue weighted by atomic mass is 16.5. The molecule has 3 aromatic carbocycles. The maximum Gasteiger partial charge on any atom is 0.161 e. The van der Waals surface area contributed by atoms with Crippen molar-refractivity contribution in [2.24, 2.45) is 0 Å². The number of unbranched alkanes of at least 4 members (excludes halogenated alkanes) is 1. The van der Waals surface area contributed by atoms with Gasteiger partial charge in [0, 0.05) is 6.54 Å².